The first kappa shape index (κ1) is 16.0. The molecule has 1 fully saturated rings. The van der Waals surface area contributed by atoms with Crippen LogP contribution in [0.25, 0.3) is 0 Å². The summed E-state index contributed by atoms with van der Waals surface area (Å²) in [6, 6.07) is 1.55. The summed E-state index contributed by atoms with van der Waals surface area (Å²) in [6.45, 7) is 2.70. The van der Waals surface area contributed by atoms with Crippen LogP contribution in [0.5, 0.6) is 0 Å². The standard InChI is InChI=1S/C13H21N3O4S/c1-2-3-9-21(18,19)16-7-4-5-11(10-16)13(17)14-12-6-8-20-15-12/h6,8,11H,2-5,7,9-10H2,1H3,(H,14,15,17). The summed E-state index contributed by atoms with van der Waals surface area (Å²) in [7, 11) is -3.25. The first-order chi connectivity index (χ1) is 10.0. The molecule has 8 heteroatoms. The molecule has 0 spiro atoms. The Kier molecular flexibility index (Phi) is 5.35. The number of carbonyl (C=O) groups excluding carboxylic acids is 1. The van der Waals surface area contributed by atoms with Crippen molar-refractivity contribution < 1.29 is 17.7 Å². The Hall–Kier alpha value is -1.41. The third kappa shape index (κ3) is 4.28. The Bertz CT molecular complexity index is 556. The molecule has 1 aromatic rings. The molecule has 0 saturated carbocycles. The number of hydrogen-bond donors (Lipinski definition) is 1. The number of carbonyl (C=O) groups is 1. The van der Waals surface area contributed by atoms with Gasteiger partial charge < -0.3 is 9.84 Å². The molecule has 1 aromatic heterocycles. The number of anilines is 1. The smallest absolute Gasteiger partial charge is 0.230 e. The van der Waals surface area contributed by atoms with Crippen molar-refractivity contribution in [2.24, 2.45) is 5.92 Å². The van der Waals surface area contributed by atoms with Crippen LogP contribution in [0.2, 0.25) is 0 Å². The minimum atomic E-state index is -3.25. The molecule has 1 N–H and O–H groups in total. The zero-order valence-corrected chi connectivity index (χ0v) is 12.9. The van der Waals surface area contributed by atoms with Crippen LogP contribution in [0.15, 0.2) is 16.9 Å². The molecule has 118 valence electrons. The van der Waals surface area contributed by atoms with Gasteiger partial charge in [0.2, 0.25) is 15.9 Å². The molecule has 1 aliphatic heterocycles. The Balaban J connectivity index is 1.95. The quantitative estimate of drug-likeness (QED) is 0.858. The predicted molar refractivity (Wildman–Crippen MR) is 78.1 cm³/mol. The fourth-order valence-electron chi connectivity index (χ4n) is 2.37. The van der Waals surface area contributed by atoms with E-state index in [0.29, 0.717) is 31.6 Å². The largest absolute Gasteiger partial charge is 0.363 e. The van der Waals surface area contributed by atoms with Gasteiger partial charge in [0.05, 0.1) is 11.7 Å². The van der Waals surface area contributed by atoms with Crippen LogP contribution in [0, 0.1) is 5.92 Å². The highest BCUT2D eigenvalue weighted by molar-refractivity contribution is 7.89. The maximum atomic E-state index is 12.2. The molecule has 7 nitrogen and oxygen atoms in total. The van der Waals surface area contributed by atoms with E-state index < -0.39 is 10.0 Å². The van der Waals surface area contributed by atoms with Gasteiger partial charge in [-0.05, 0) is 19.3 Å². The zero-order chi connectivity index (χ0) is 15.3. The highest BCUT2D eigenvalue weighted by atomic mass is 32.2. The number of nitrogens with zero attached hydrogens (tertiary/aromatic N) is 2. The minimum absolute atomic E-state index is 0.154. The van der Waals surface area contributed by atoms with E-state index in [1.54, 1.807) is 6.07 Å². The molecule has 1 saturated heterocycles. The maximum Gasteiger partial charge on any atom is 0.230 e. The summed E-state index contributed by atoms with van der Waals surface area (Å²) in [4.78, 5) is 12.1. The van der Waals surface area contributed by atoms with E-state index in [-0.39, 0.29) is 24.1 Å². The van der Waals surface area contributed by atoms with Crippen molar-refractivity contribution >= 4 is 21.7 Å². The van der Waals surface area contributed by atoms with Crippen LogP contribution in [0.1, 0.15) is 32.6 Å². The molecule has 0 aliphatic carbocycles. The van der Waals surface area contributed by atoms with Crippen LogP contribution in [-0.2, 0) is 14.8 Å². The third-order valence-corrected chi connectivity index (χ3v) is 5.52. The molecule has 0 bridgehead atoms. The lowest BCUT2D eigenvalue weighted by atomic mass is 9.99. The Morgan fingerprint density at radius 2 is 2.38 bits per heavy atom. The van der Waals surface area contributed by atoms with Crippen LogP contribution in [-0.4, -0.2) is 42.6 Å². The normalized spacial score (nSPS) is 20.3. The Labute approximate surface area is 124 Å². The first-order valence-corrected chi connectivity index (χ1v) is 8.83. The van der Waals surface area contributed by atoms with E-state index in [1.807, 2.05) is 6.92 Å². The highest BCUT2D eigenvalue weighted by Crippen LogP contribution is 2.21. The lowest BCUT2D eigenvalue weighted by Gasteiger charge is -2.31. The number of piperidine rings is 1. The summed E-state index contributed by atoms with van der Waals surface area (Å²) in [5.74, 6) is -0.0432. The van der Waals surface area contributed by atoms with Gasteiger partial charge in [-0.25, -0.2) is 12.7 Å². The molecular formula is C13H21N3O4S. The average molecular weight is 315 g/mol. The van der Waals surface area contributed by atoms with Gasteiger partial charge in [0, 0.05) is 19.2 Å². The third-order valence-electron chi connectivity index (χ3n) is 3.59. The molecule has 1 atom stereocenters. The topological polar surface area (TPSA) is 92.5 Å². The van der Waals surface area contributed by atoms with Crippen molar-refractivity contribution in [2.45, 2.75) is 32.6 Å². The number of amides is 1. The number of sulfonamides is 1. The zero-order valence-electron chi connectivity index (χ0n) is 12.1. The summed E-state index contributed by atoms with van der Waals surface area (Å²) >= 11 is 0. The summed E-state index contributed by atoms with van der Waals surface area (Å²) in [6.07, 6.45) is 4.24. The Morgan fingerprint density at radius 3 is 3.05 bits per heavy atom. The Morgan fingerprint density at radius 1 is 1.57 bits per heavy atom. The van der Waals surface area contributed by atoms with Crippen molar-refractivity contribution in [3.63, 3.8) is 0 Å². The van der Waals surface area contributed by atoms with Crippen LogP contribution >= 0.6 is 0 Å². The second kappa shape index (κ2) is 7.04. The number of unbranched alkanes of at least 4 members (excludes halogenated alkanes) is 1. The van der Waals surface area contributed by atoms with Gasteiger partial charge in [-0.2, -0.15) is 0 Å². The molecule has 2 heterocycles. The van der Waals surface area contributed by atoms with Crippen molar-refractivity contribution in [2.75, 3.05) is 24.2 Å². The average Bonchev–Trinajstić information content (AvgIpc) is 2.98. The van der Waals surface area contributed by atoms with Crippen LogP contribution in [0.4, 0.5) is 5.82 Å². The molecule has 1 unspecified atom stereocenters. The van der Waals surface area contributed by atoms with Gasteiger partial charge in [0.1, 0.15) is 6.26 Å². The monoisotopic (exact) mass is 315 g/mol. The number of hydrogen-bond acceptors (Lipinski definition) is 5. The van der Waals surface area contributed by atoms with Crippen molar-refractivity contribution in [1.82, 2.24) is 9.46 Å². The van der Waals surface area contributed by atoms with E-state index >= 15 is 0 Å². The molecule has 21 heavy (non-hydrogen) atoms. The van der Waals surface area contributed by atoms with Gasteiger partial charge in [-0.3, -0.25) is 4.79 Å². The SMILES string of the molecule is CCCCS(=O)(=O)N1CCCC(C(=O)Nc2ccon2)C1. The number of aromatic nitrogens is 1. The van der Waals surface area contributed by atoms with Gasteiger partial charge in [-0.1, -0.05) is 18.5 Å². The van der Waals surface area contributed by atoms with Gasteiger partial charge in [0.15, 0.2) is 5.82 Å². The predicted octanol–water partition coefficient (Wildman–Crippen LogP) is 1.46. The lowest BCUT2D eigenvalue weighted by molar-refractivity contribution is -0.120. The number of rotatable bonds is 6. The van der Waals surface area contributed by atoms with Crippen molar-refractivity contribution in [1.29, 1.82) is 0 Å². The van der Waals surface area contributed by atoms with Crippen LogP contribution in [0.3, 0.4) is 0 Å². The first-order valence-electron chi connectivity index (χ1n) is 7.22. The molecule has 0 radical (unpaired) electrons. The van der Waals surface area contributed by atoms with Crippen LogP contribution < -0.4 is 5.32 Å². The molecule has 1 aliphatic rings. The fraction of sp³-hybridized carbons (Fsp3) is 0.692. The minimum Gasteiger partial charge on any atom is -0.363 e. The molecule has 1 amide bonds. The maximum absolute atomic E-state index is 12.2. The second-order valence-corrected chi connectivity index (χ2v) is 7.33. The van der Waals surface area contributed by atoms with E-state index in [0.717, 1.165) is 6.42 Å². The molecule has 2 rings (SSSR count). The van der Waals surface area contributed by atoms with E-state index in [9.17, 15) is 13.2 Å². The van der Waals surface area contributed by atoms with Gasteiger partial charge in [-0.15, -0.1) is 0 Å². The number of nitrogens with one attached hydrogen (secondary N) is 1. The van der Waals surface area contributed by atoms with Crippen molar-refractivity contribution in [3.05, 3.63) is 12.3 Å². The highest BCUT2D eigenvalue weighted by Gasteiger charge is 2.32. The fourth-order valence-corrected chi connectivity index (χ4v) is 4.10. The molecule has 0 aromatic carbocycles. The van der Waals surface area contributed by atoms with E-state index in [2.05, 4.69) is 15.0 Å². The van der Waals surface area contributed by atoms with E-state index in [1.165, 1.54) is 10.6 Å². The van der Waals surface area contributed by atoms with Crippen molar-refractivity contribution in [3.8, 4) is 0 Å². The van der Waals surface area contributed by atoms with E-state index in [4.69, 9.17) is 0 Å². The lowest BCUT2D eigenvalue weighted by Crippen LogP contribution is -2.44. The van der Waals surface area contributed by atoms with Gasteiger partial charge in [0.25, 0.3) is 0 Å². The summed E-state index contributed by atoms with van der Waals surface area (Å²) < 4.78 is 30.5. The second-order valence-electron chi connectivity index (χ2n) is 5.24. The molecular weight excluding hydrogens is 294 g/mol. The van der Waals surface area contributed by atoms with Gasteiger partial charge >= 0.3 is 0 Å². The summed E-state index contributed by atoms with van der Waals surface area (Å²) in [5, 5.41) is 6.26. The summed E-state index contributed by atoms with van der Waals surface area (Å²) in [5.41, 5.74) is 0.